The molecule has 3 aromatic heterocycles. The Kier molecular flexibility index (Phi) is 4.34. The van der Waals surface area contributed by atoms with Crippen molar-refractivity contribution in [2.75, 3.05) is 25.1 Å². The zero-order valence-electron chi connectivity index (χ0n) is 13.7. The Morgan fingerprint density at radius 3 is 2.89 bits per heavy atom. The number of H-pyrrole nitrogens is 1. The summed E-state index contributed by atoms with van der Waals surface area (Å²) in [7, 11) is 0. The van der Waals surface area contributed by atoms with Crippen molar-refractivity contribution in [3.8, 4) is 16.9 Å². The minimum Gasteiger partial charge on any atom is -0.479 e. The number of aromatic amines is 1. The predicted octanol–water partition coefficient (Wildman–Crippen LogP) is 2.21. The van der Waals surface area contributed by atoms with Gasteiger partial charge in [0.25, 0.3) is 0 Å². The van der Waals surface area contributed by atoms with Gasteiger partial charge in [-0.3, -0.25) is 5.10 Å². The van der Waals surface area contributed by atoms with Crippen LogP contribution in [0.25, 0.3) is 16.8 Å². The molecular formula is C15H14F4N6O2. The third-order valence-corrected chi connectivity index (χ3v) is 3.98. The van der Waals surface area contributed by atoms with Crippen LogP contribution in [0.4, 0.5) is 23.5 Å². The standard InChI is InChI=1S/C15H14F4N6O2/c16-10-5-26-6-11(10)22-14-23-13-12(27-7-15(17,18)19)9(1-2-25(13)24-14)8-3-20-21-4-8/h1-4,10-11H,5-7H2,(H,20,21)(H,22,24)/t10-,11-/m0/s1. The maximum absolute atomic E-state index is 13.7. The van der Waals surface area contributed by atoms with Gasteiger partial charge in [0.1, 0.15) is 6.17 Å². The topological polar surface area (TPSA) is 89.4 Å². The highest BCUT2D eigenvalue weighted by Crippen LogP contribution is 2.34. The molecule has 1 fully saturated rings. The predicted molar refractivity (Wildman–Crippen MR) is 85.2 cm³/mol. The smallest absolute Gasteiger partial charge is 0.422 e. The zero-order chi connectivity index (χ0) is 19.0. The van der Waals surface area contributed by atoms with Gasteiger partial charge in [0.15, 0.2) is 18.0 Å². The van der Waals surface area contributed by atoms with Crippen molar-refractivity contribution in [1.82, 2.24) is 24.8 Å². The molecule has 144 valence electrons. The fourth-order valence-corrected chi connectivity index (χ4v) is 2.73. The monoisotopic (exact) mass is 386 g/mol. The Hall–Kier alpha value is -2.89. The van der Waals surface area contributed by atoms with Crippen molar-refractivity contribution >= 4 is 11.6 Å². The first-order valence-electron chi connectivity index (χ1n) is 7.97. The van der Waals surface area contributed by atoms with E-state index in [0.717, 1.165) is 0 Å². The molecule has 0 unspecified atom stereocenters. The van der Waals surface area contributed by atoms with Crippen LogP contribution < -0.4 is 10.1 Å². The summed E-state index contributed by atoms with van der Waals surface area (Å²) in [5, 5.41) is 13.3. The third kappa shape index (κ3) is 3.65. The average molecular weight is 386 g/mol. The number of anilines is 1. The molecule has 2 N–H and O–H groups in total. The van der Waals surface area contributed by atoms with Crippen LogP contribution >= 0.6 is 0 Å². The first kappa shape index (κ1) is 17.5. The molecule has 0 amide bonds. The van der Waals surface area contributed by atoms with Gasteiger partial charge in [0.05, 0.1) is 25.5 Å². The zero-order valence-corrected chi connectivity index (χ0v) is 13.7. The minimum absolute atomic E-state index is 0.0321. The fraction of sp³-hybridized carbons (Fsp3) is 0.400. The molecule has 3 aromatic rings. The highest BCUT2D eigenvalue weighted by Gasteiger charge is 2.31. The molecule has 1 aliphatic heterocycles. The van der Waals surface area contributed by atoms with Crippen LogP contribution in [-0.2, 0) is 4.74 Å². The number of aromatic nitrogens is 5. The number of nitrogens with one attached hydrogen (secondary N) is 2. The Morgan fingerprint density at radius 1 is 1.37 bits per heavy atom. The van der Waals surface area contributed by atoms with E-state index in [0.29, 0.717) is 11.1 Å². The molecule has 0 aliphatic carbocycles. The molecule has 2 atom stereocenters. The molecule has 27 heavy (non-hydrogen) atoms. The number of nitrogens with zero attached hydrogens (tertiary/aromatic N) is 4. The van der Waals surface area contributed by atoms with Crippen molar-refractivity contribution in [1.29, 1.82) is 0 Å². The molecule has 0 bridgehead atoms. The average Bonchev–Trinajstić information content (AvgIpc) is 3.33. The van der Waals surface area contributed by atoms with E-state index in [1.807, 2.05) is 0 Å². The lowest BCUT2D eigenvalue weighted by Crippen LogP contribution is -2.29. The number of ether oxygens (including phenoxy) is 2. The molecule has 0 spiro atoms. The van der Waals surface area contributed by atoms with Crippen LogP contribution in [-0.4, -0.2) is 63.0 Å². The van der Waals surface area contributed by atoms with Crippen molar-refractivity contribution in [3.63, 3.8) is 0 Å². The van der Waals surface area contributed by atoms with Gasteiger partial charge < -0.3 is 14.8 Å². The third-order valence-electron chi connectivity index (χ3n) is 3.98. The Labute approximate surface area is 149 Å². The summed E-state index contributed by atoms with van der Waals surface area (Å²) in [4.78, 5) is 4.18. The maximum atomic E-state index is 13.7. The quantitative estimate of drug-likeness (QED) is 0.654. The van der Waals surface area contributed by atoms with Crippen LogP contribution in [0, 0.1) is 0 Å². The summed E-state index contributed by atoms with van der Waals surface area (Å²) in [5.41, 5.74) is 0.960. The lowest BCUT2D eigenvalue weighted by molar-refractivity contribution is -0.153. The summed E-state index contributed by atoms with van der Waals surface area (Å²) >= 11 is 0. The number of hydrogen-bond donors (Lipinski definition) is 2. The van der Waals surface area contributed by atoms with E-state index in [2.05, 4.69) is 25.6 Å². The first-order valence-corrected chi connectivity index (χ1v) is 7.97. The second kappa shape index (κ2) is 6.68. The van der Waals surface area contributed by atoms with Gasteiger partial charge in [-0.15, -0.1) is 5.10 Å². The van der Waals surface area contributed by atoms with Crippen LogP contribution in [0.2, 0.25) is 0 Å². The van der Waals surface area contributed by atoms with E-state index >= 15 is 0 Å². The Bertz CT molecular complexity index is 926. The van der Waals surface area contributed by atoms with Crippen molar-refractivity contribution in [2.24, 2.45) is 0 Å². The molecule has 1 aliphatic rings. The van der Waals surface area contributed by atoms with Crippen LogP contribution in [0.15, 0.2) is 24.7 Å². The number of fused-ring (bicyclic) bond motifs is 1. The number of alkyl halides is 4. The molecule has 1 saturated heterocycles. The molecule has 4 rings (SSSR count). The van der Waals surface area contributed by atoms with Gasteiger partial charge in [-0.1, -0.05) is 0 Å². The van der Waals surface area contributed by atoms with Gasteiger partial charge in [-0.05, 0) is 6.07 Å². The number of halogens is 4. The van der Waals surface area contributed by atoms with Gasteiger partial charge in [-0.2, -0.15) is 23.3 Å². The van der Waals surface area contributed by atoms with E-state index in [9.17, 15) is 17.6 Å². The van der Waals surface area contributed by atoms with Crippen molar-refractivity contribution in [2.45, 2.75) is 18.4 Å². The molecule has 0 aromatic carbocycles. The lowest BCUT2D eigenvalue weighted by Gasteiger charge is -2.12. The summed E-state index contributed by atoms with van der Waals surface area (Å²) < 4.78 is 63.1. The van der Waals surface area contributed by atoms with Gasteiger partial charge in [-0.25, -0.2) is 8.91 Å². The molecule has 12 heteroatoms. The summed E-state index contributed by atoms with van der Waals surface area (Å²) in [6, 6.07) is 0.911. The van der Waals surface area contributed by atoms with Crippen LogP contribution in [0.5, 0.6) is 5.75 Å². The maximum Gasteiger partial charge on any atom is 0.422 e. The molecule has 8 nitrogen and oxygen atoms in total. The Morgan fingerprint density at radius 2 is 2.22 bits per heavy atom. The SMILES string of the molecule is F[C@H]1COC[C@@H]1Nc1nc2c(OCC(F)(F)F)c(-c3cn[nH]c3)ccn2n1. The second-order valence-corrected chi connectivity index (χ2v) is 5.96. The first-order chi connectivity index (χ1) is 12.9. The highest BCUT2D eigenvalue weighted by atomic mass is 19.4. The van der Waals surface area contributed by atoms with E-state index in [4.69, 9.17) is 9.47 Å². The highest BCUT2D eigenvalue weighted by molar-refractivity contribution is 5.77. The van der Waals surface area contributed by atoms with E-state index in [-0.39, 0.29) is 30.6 Å². The molecule has 0 radical (unpaired) electrons. The number of hydrogen-bond acceptors (Lipinski definition) is 6. The van der Waals surface area contributed by atoms with Crippen molar-refractivity contribution in [3.05, 3.63) is 24.7 Å². The van der Waals surface area contributed by atoms with Gasteiger partial charge in [0, 0.05) is 23.5 Å². The Balaban J connectivity index is 1.72. The van der Waals surface area contributed by atoms with Crippen LogP contribution in [0.1, 0.15) is 0 Å². The van der Waals surface area contributed by atoms with Gasteiger partial charge >= 0.3 is 6.18 Å². The largest absolute Gasteiger partial charge is 0.479 e. The molecule has 0 saturated carbocycles. The lowest BCUT2D eigenvalue weighted by atomic mass is 10.1. The van der Waals surface area contributed by atoms with Crippen molar-refractivity contribution < 1.29 is 27.0 Å². The molecular weight excluding hydrogens is 372 g/mol. The van der Waals surface area contributed by atoms with E-state index in [1.165, 1.54) is 23.1 Å². The van der Waals surface area contributed by atoms with Crippen LogP contribution in [0.3, 0.4) is 0 Å². The van der Waals surface area contributed by atoms with E-state index < -0.39 is 25.0 Å². The summed E-state index contributed by atoms with van der Waals surface area (Å²) in [6.45, 7) is -1.37. The second-order valence-electron chi connectivity index (χ2n) is 5.96. The minimum atomic E-state index is -4.52. The molecule has 4 heterocycles. The number of rotatable bonds is 5. The van der Waals surface area contributed by atoms with Gasteiger partial charge in [0.2, 0.25) is 5.95 Å². The summed E-state index contributed by atoms with van der Waals surface area (Å²) in [5.74, 6) is -0.0365. The summed E-state index contributed by atoms with van der Waals surface area (Å²) in [6.07, 6.45) is -1.26. The normalized spacial score (nSPS) is 20.3. The number of pyridine rings is 1. The van der Waals surface area contributed by atoms with E-state index in [1.54, 1.807) is 6.07 Å². The fourth-order valence-electron chi connectivity index (χ4n) is 2.73.